The summed E-state index contributed by atoms with van der Waals surface area (Å²) < 4.78 is 0. The van der Waals surface area contributed by atoms with E-state index < -0.39 is 0 Å². The second-order valence-electron chi connectivity index (χ2n) is 9.30. The fraction of sp³-hybridized carbons (Fsp3) is 0.286. The van der Waals surface area contributed by atoms with E-state index in [1.165, 1.54) is 5.56 Å². The van der Waals surface area contributed by atoms with Crippen molar-refractivity contribution in [3.8, 4) is 17.2 Å². The molecule has 0 radical (unpaired) electrons. The first-order valence-corrected chi connectivity index (χ1v) is 12.3. The van der Waals surface area contributed by atoms with Crippen molar-refractivity contribution in [1.82, 2.24) is 9.80 Å². The average molecular weight is 507 g/mol. The Bertz CT molecular complexity index is 1220. The van der Waals surface area contributed by atoms with Crippen LogP contribution in [0.2, 0.25) is 10.0 Å². The average Bonchev–Trinajstić information content (AvgIpc) is 2.85. The van der Waals surface area contributed by atoms with Crippen molar-refractivity contribution in [3.63, 3.8) is 0 Å². The van der Waals surface area contributed by atoms with E-state index in [1.54, 1.807) is 23.1 Å². The molecule has 3 aromatic carbocycles. The number of hydrogen-bond donors (Lipinski definition) is 1. The third-order valence-corrected chi connectivity index (χ3v) is 7.20. The third-order valence-electron chi connectivity index (χ3n) is 6.77. The van der Waals surface area contributed by atoms with E-state index in [0.29, 0.717) is 27.8 Å². The molecule has 0 unspecified atom stereocenters. The number of carbonyl (C=O) groups excluding carboxylic acids is 1. The second kappa shape index (κ2) is 10.7. The summed E-state index contributed by atoms with van der Waals surface area (Å²) in [4.78, 5) is 17.1. The van der Waals surface area contributed by atoms with Crippen molar-refractivity contribution in [3.05, 3.63) is 87.9 Å². The predicted octanol–water partition coefficient (Wildman–Crippen LogP) is 6.66. The molecule has 7 heteroatoms. The van der Waals surface area contributed by atoms with Gasteiger partial charge in [0, 0.05) is 34.7 Å². The van der Waals surface area contributed by atoms with Gasteiger partial charge in [0.1, 0.15) is 0 Å². The molecule has 1 fully saturated rings. The van der Waals surface area contributed by atoms with Crippen molar-refractivity contribution < 1.29 is 4.79 Å². The topological polar surface area (TPSA) is 59.4 Å². The Hall–Kier alpha value is -3.04. The molecule has 180 valence electrons. The number of likely N-dealkylation sites (tertiary alicyclic amines) is 1. The lowest BCUT2D eigenvalue weighted by atomic mass is 9.72. The summed E-state index contributed by atoms with van der Waals surface area (Å²) in [6.07, 6.45) is 1.90. The van der Waals surface area contributed by atoms with E-state index in [-0.39, 0.29) is 11.4 Å². The highest BCUT2D eigenvalue weighted by Crippen LogP contribution is 2.37. The maximum absolute atomic E-state index is 13.0. The summed E-state index contributed by atoms with van der Waals surface area (Å²) in [5, 5.41) is 13.1. The molecule has 1 heterocycles. The first-order valence-electron chi connectivity index (χ1n) is 11.6. The zero-order valence-corrected chi connectivity index (χ0v) is 21.4. The number of halogens is 2. The van der Waals surface area contributed by atoms with E-state index in [0.717, 1.165) is 37.1 Å². The number of rotatable bonds is 5. The number of nitriles is 1. The molecule has 2 amide bonds. The number of amides is 2. The number of nitrogens with zero attached hydrogens (tertiary/aromatic N) is 3. The molecule has 5 nitrogen and oxygen atoms in total. The highest BCUT2D eigenvalue weighted by molar-refractivity contribution is 6.35. The molecule has 3 aromatic rings. The van der Waals surface area contributed by atoms with Crippen molar-refractivity contribution in [1.29, 1.82) is 5.26 Å². The van der Waals surface area contributed by atoms with Crippen LogP contribution in [-0.2, 0) is 5.41 Å². The Morgan fingerprint density at radius 1 is 1.03 bits per heavy atom. The molecule has 0 atom stereocenters. The number of nitrogens with one attached hydrogen (secondary N) is 1. The first kappa shape index (κ1) is 25.1. The highest BCUT2D eigenvalue weighted by Gasteiger charge is 2.37. The van der Waals surface area contributed by atoms with Gasteiger partial charge in [0.15, 0.2) is 0 Å². The summed E-state index contributed by atoms with van der Waals surface area (Å²) >= 11 is 12.2. The van der Waals surface area contributed by atoms with Gasteiger partial charge in [-0.2, -0.15) is 5.26 Å². The molecule has 0 saturated carbocycles. The molecule has 0 aromatic heterocycles. The Morgan fingerprint density at radius 3 is 2.31 bits per heavy atom. The zero-order chi connectivity index (χ0) is 25.0. The van der Waals surface area contributed by atoms with Gasteiger partial charge in [-0.15, -0.1) is 0 Å². The van der Waals surface area contributed by atoms with E-state index in [4.69, 9.17) is 23.2 Å². The summed E-state index contributed by atoms with van der Waals surface area (Å²) in [5.41, 5.74) is 4.36. The Morgan fingerprint density at radius 2 is 1.69 bits per heavy atom. The van der Waals surface area contributed by atoms with Crippen LogP contribution in [0, 0.1) is 11.3 Å². The molecular weight excluding hydrogens is 479 g/mol. The molecule has 0 bridgehead atoms. The molecule has 1 aliphatic heterocycles. The Balaban J connectivity index is 1.56. The largest absolute Gasteiger partial charge is 0.327 e. The molecular formula is C28H28Cl2N4O. The first-order chi connectivity index (χ1) is 16.8. The smallest absolute Gasteiger partial charge is 0.321 e. The standard InChI is InChI=1S/C28H28Cl2N4O/c1-33-12-10-28(11-13-33,19-34(2)27(35)32-26-16-24(29)15-25(30)17-26)23-8-6-21(7-9-23)22-5-3-4-20(14-22)18-31/h3-9,14-17H,10-13,19H2,1-2H3,(H,32,35). The van der Waals surface area contributed by atoms with Gasteiger partial charge in [-0.05, 0) is 80.0 Å². The SMILES string of the molecule is CN1CCC(CN(C)C(=O)Nc2cc(Cl)cc(Cl)c2)(c2ccc(-c3cccc(C#N)c3)cc2)CC1. The van der Waals surface area contributed by atoms with E-state index >= 15 is 0 Å². The number of anilines is 1. The van der Waals surface area contributed by atoms with Gasteiger partial charge < -0.3 is 15.1 Å². The number of carbonyl (C=O) groups is 1. The molecule has 1 N–H and O–H groups in total. The molecule has 1 aliphatic rings. The van der Waals surface area contributed by atoms with Crippen molar-refractivity contribution in [2.45, 2.75) is 18.3 Å². The van der Waals surface area contributed by atoms with E-state index in [9.17, 15) is 10.1 Å². The number of benzene rings is 3. The molecule has 35 heavy (non-hydrogen) atoms. The number of piperidine rings is 1. The van der Waals surface area contributed by atoms with Gasteiger partial charge in [0.25, 0.3) is 0 Å². The second-order valence-corrected chi connectivity index (χ2v) is 10.2. The quantitative estimate of drug-likeness (QED) is 0.420. The maximum atomic E-state index is 13.0. The summed E-state index contributed by atoms with van der Waals surface area (Å²) in [6.45, 7) is 2.51. The lowest BCUT2D eigenvalue weighted by Crippen LogP contribution is -2.49. The van der Waals surface area contributed by atoms with Crippen LogP contribution in [0.15, 0.2) is 66.7 Å². The van der Waals surface area contributed by atoms with Crippen LogP contribution in [0.3, 0.4) is 0 Å². The lowest BCUT2D eigenvalue weighted by Gasteiger charge is -2.43. The van der Waals surface area contributed by atoms with Crippen molar-refractivity contribution in [2.24, 2.45) is 0 Å². The van der Waals surface area contributed by atoms with Crippen LogP contribution < -0.4 is 5.32 Å². The maximum Gasteiger partial charge on any atom is 0.321 e. The third kappa shape index (κ3) is 5.97. The van der Waals surface area contributed by atoms with E-state index in [2.05, 4.69) is 47.6 Å². The lowest BCUT2D eigenvalue weighted by molar-refractivity contribution is 0.150. The van der Waals surface area contributed by atoms with Crippen LogP contribution in [0.4, 0.5) is 10.5 Å². The normalized spacial score (nSPS) is 15.3. The molecule has 0 aliphatic carbocycles. The minimum atomic E-state index is -0.202. The van der Waals surface area contributed by atoms with Crippen LogP contribution in [0.5, 0.6) is 0 Å². The summed E-state index contributed by atoms with van der Waals surface area (Å²) in [7, 11) is 3.96. The summed E-state index contributed by atoms with van der Waals surface area (Å²) in [6, 6.07) is 23.2. The Labute approximate surface area is 216 Å². The number of hydrogen-bond acceptors (Lipinski definition) is 3. The van der Waals surface area contributed by atoms with Crippen molar-refractivity contribution in [2.75, 3.05) is 39.0 Å². The minimum absolute atomic E-state index is 0.155. The monoisotopic (exact) mass is 506 g/mol. The molecule has 1 saturated heterocycles. The van der Waals surface area contributed by atoms with Gasteiger partial charge in [-0.1, -0.05) is 59.6 Å². The minimum Gasteiger partial charge on any atom is -0.327 e. The highest BCUT2D eigenvalue weighted by atomic mass is 35.5. The Kier molecular flexibility index (Phi) is 7.66. The molecule has 4 rings (SSSR count). The number of urea groups is 1. The van der Waals surface area contributed by atoms with Gasteiger partial charge in [-0.25, -0.2) is 4.79 Å². The fourth-order valence-electron chi connectivity index (χ4n) is 4.74. The van der Waals surface area contributed by atoms with Gasteiger partial charge in [0.2, 0.25) is 0 Å². The fourth-order valence-corrected chi connectivity index (χ4v) is 5.27. The molecule has 0 spiro atoms. The van der Waals surface area contributed by atoms with E-state index in [1.807, 2.05) is 31.3 Å². The van der Waals surface area contributed by atoms with Crippen molar-refractivity contribution >= 4 is 34.9 Å². The van der Waals surface area contributed by atoms with Crippen LogP contribution in [0.1, 0.15) is 24.0 Å². The predicted molar refractivity (Wildman–Crippen MR) is 143 cm³/mol. The van der Waals surface area contributed by atoms with Gasteiger partial charge >= 0.3 is 6.03 Å². The zero-order valence-electron chi connectivity index (χ0n) is 19.9. The van der Waals surface area contributed by atoms with Crippen LogP contribution in [-0.4, -0.2) is 49.6 Å². The van der Waals surface area contributed by atoms with Gasteiger partial charge in [0.05, 0.1) is 11.6 Å². The summed E-state index contributed by atoms with van der Waals surface area (Å²) in [5.74, 6) is 0. The number of likely N-dealkylation sites (N-methyl/N-ethyl adjacent to an activating group) is 1. The van der Waals surface area contributed by atoms with Crippen LogP contribution >= 0.6 is 23.2 Å². The van der Waals surface area contributed by atoms with Crippen LogP contribution in [0.25, 0.3) is 11.1 Å². The van der Waals surface area contributed by atoms with Gasteiger partial charge in [-0.3, -0.25) is 0 Å².